The summed E-state index contributed by atoms with van der Waals surface area (Å²) in [6, 6.07) is 5.66. The highest BCUT2D eigenvalue weighted by atomic mass is 16.5. The second-order valence-electron chi connectivity index (χ2n) is 7.00. The van der Waals surface area contributed by atoms with Crippen molar-refractivity contribution < 1.29 is 34.4 Å². The van der Waals surface area contributed by atoms with Gasteiger partial charge in [-0.1, -0.05) is 24.3 Å². The first-order valence-corrected chi connectivity index (χ1v) is 9.84. The fraction of sp³-hybridized carbons (Fsp3) is 0.556. The lowest BCUT2D eigenvalue weighted by Crippen LogP contribution is -2.34. The number of carbonyl (C=O) groups excluding carboxylic acids is 2. The maximum Gasteiger partial charge on any atom is 0.488 e. The van der Waals surface area contributed by atoms with Gasteiger partial charge in [0, 0.05) is 39.0 Å². The standard InChI is InChI=1S/C12H20N2O3.C6H8B2O4/c15-11-3-1-5-13(11)7-9-17-10-8-14-6-2-4-12(14)16;9-7(10)5-1-2-6(4-3-5)8(11)12/h1-10H2;1-4,9-12H. The Kier molecular flexibility index (Phi) is 9.62. The summed E-state index contributed by atoms with van der Waals surface area (Å²) in [5.74, 6) is 0.478. The second kappa shape index (κ2) is 11.9. The molecule has 2 aliphatic heterocycles. The fourth-order valence-electron chi connectivity index (χ4n) is 3.17. The topological polar surface area (TPSA) is 131 Å². The van der Waals surface area contributed by atoms with Crippen molar-refractivity contribution in [1.82, 2.24) is 9.80 Å². The Balaban J connectivity index is 0.000000221. The van der Waals surface area contributed by atoms with E-state index in [-0.39, 0.29) is 11.8 Å². The molecule has 2 amide bonds. The van der Waals surface area contributed by atoms with Crippen LogP contribution in [0.3, 0.4) is 0 Å². The molecule has 0 spiro atoms. The van der Waals surface area contributed by atoms with E-state index < -0.39 is 14.2 Å². The molecule has 2 aliphatic rings. The smallest absolute Gasteiger partial charge is 0.423 e. The first-order valence-electron chi connectivity index (χ1n) is 9.84. The molecule has 29 heavy (non-hydrogen) atoms. The molecule has 3 rings (SSSR count). The van der Waals surface area contributed by atoms with Gasteiger partial charge in [-0.25, -0.2) is 0 Å². The number of hydrogen-bond donors (Lipinski definition) is 4. The Labute approximate surface area is 171 Å². The van der Waals surface area contributed by atoms with Gasteiger partial charge in [-0.2, -0.15) is 0 Å². The van der Waals surface area contributed by atoms with Crippen LogP contribution in [0.4, 0.5) is 0 Å². The Morgan fingerprint density at radius 2 is 1.14 bits per heavy atom. The van der Waals surface area contributed by atoms with Crippen LogP contribution < -0.4 is 10.9 Å². The van der Waals surface area contributed by atoms with Gasteiger partial charge >= 0.3 is 14.2 Å². The largest absolute Gasteiger partial charge is 0.488 e. The summed E-state index contributed by atoms with van der Waals surface area (Å²) in [7, 11) is -3.04. The molecule has 158 valence electrons. The summed E-state index contributed by atoms with van der Waals surface area (Å²) in [5, 5.41) is 34.7. The Morgan fingerprint density at radius 3 is 1.41 bits per heavy atom. The zero-order valence-corrected chi connectivity index (χ0v) is 16.4. The number of likely N-dealkylation sites (tertiary alicyclic amines) is 2. The van der Waals surface area contributed by atoms with Gasteiger partial charge in [0.2, 0.25) is 11.8 Å². The van der Waals surface area contributed by atoms with E-state index in [1.165, 1.54) is 24.3 Å². The maximum absolute atomic E-state index is 11.3. The van der Waals surface area contributed by atoms with E-state index in [0.717, 1.165) is 25.9 Å². The minimum Gasteiger partial charge on any atom is -0.423 e. The van der Waals surface area contributed by atoms with Crippen LogP contribution in [0.5, 0.6) is 0 Å². The molecule has 4 N–H and O–H groups in total. The number of benzene rings is 1. The monoisotopic (exact) mass is 406 g/mol. The van der Waals surface area contributed by atoms with Gasteiger partial charge in [0.1, 0.15) is 0 Å². The summed E-state index contributed by atoms with van der Waals surface area (Å²) < 4.78 is 5.47. The number of carbonyl (C=O) groups is 2. The molecule has 1 aromatic carbocycles. The Morgan fingerprint density at radius 1 is 0.759 bits per heavy atom. The highest BCUT2D eigenvalue weighted by Gasteiger charge is 2.20. The number of rotatable bonds is 8. The van der Waals surface area contributed by atoms with Crippen LogP contribution in [0.2, 0.25) is 0 Å². The van der Waals surface area contributed by atoms with Gasteiger partial charge in [0.25, 0.3) is 0 Å². The molecule has 2 saturated heterocycles. The van der Waals surface area contributed by atoms with E-state index in [4.69, 9.17) is 24.8 Å². The third-order valence-corrected chi connectivity index (χ3v) is 4.89. The van der Waals surface area contributed by atoms with Crippen LogP contribution in [0.25, 0.3) is 0 Å². The van der Waals surface area contributed by atoms with Crippen LogP contribution in [0, 0.1) is 0 Å². The van der Waals surface area contributed by atoms with Crippen LogP contribution in [-0.4, -0.2) is 95.3 Å². The molecule has 1 aromatic rings. The van der Waals surface area contributed by atoms with Gasteiger partial charge in [-0.15, -0.1) is 0 Å². The van der Waals surface area contributed by atoms with E-state index in [1.54, 1.807) is 0 Å². The molecule has 9 nitrogen and oxygen atoms in total. The third kappa shape index (κ3) is 7.79. The predicted octanol–water partition coefficient (Wildman–Crippen LogP) is -2.71. The quantitative estimate of drug-likeness (QED) is 0.273. The van der Waals surface area contributed by atoms with Gasteiger partial charge < -0.3 is 34.6 Å². The minimum atomic E-state index is -1.52. The third-order valence-electron chi connectivity index (χ3n) is 4.89. The molecule has 0 bridgehead atoms. The van der Waals surface area contributed by atoms with Gasteiger partial charge in [0.05, 0.1) is 13.2 Å². The van der Waals surface area contributed by atoms with E-state index in [0.29, 0.717) is 50.1 Å². The Hall–Kier alpha value is -1.91. The van der Waals surface area contributed by atoms with Gasteiger partial charge in [-0.3, -0.25) is 9.59 Å². The second-order valence-corrected chi connectivity index (χ2v) is 7.00. The fourth-order valence-corrected chi connectivity index (χ4v) is 3.17. The average molecular weight is 406 g/mol. The molecule has 0 unspecified atom stereocenters. The number of nitrogens with zero attached hydrogens (tertiary/aromatic N) is 2. The number of hydrogen-bond acceptors (Lipinski definition) is 7. The first-order chi connectivity index (χ1) is 13.9. The van der Waals surface area contributed by atoms with Crippen molar-refractivity contribution in [2.24, 2.45) is 0 Å². The van der Waals surface area contributed by atoms with Crippen molar-refractivity contribution in [3.05, 3.63) is 24.3 Å². The summed E-state index contributed by atoms with van der Waals surface area (Å²) in [5.41, 5.74) is 0.638. The van der Waals surface area contributed by atoms with Crippen molar-refractivity contribution in [2.45, 2.75) is 25.7 Å². The lowest BCUT2D eigenvalue weighted by atomic mass is 9.75. The molecule has 0 aromatic heterocycles. The summed E-state index contributed by atoms with van der Waals surface area (Å²) in [4.78, 5) is 26.3. The van der Waals surface area contributed by atoms with Crippen LogP contribution >= 0.6 is 0 Å². The lowest BCUT2D eigenvalue weighted by molar-refractivity contribution is -0.128. The van der Waals surface area contributed by atoms with Crippen LogP contribution in [0.15, 0.2) is 24.3 Å². The normalized spacial score (nSPS) is 16.1. The van der Waals surface area contributed by atoms with Gasteiger partial charge in [0.15, 0.2) is 0 Å². The van der Waals surface area contributed by atoms with Gasteiger partial charge in [-0.05, 0) is 23.8 Å². The number of ether oxygens (including phenoxy) is 1. The first kappa shape index (κ1) is 23.4. The molecule has 0 radical (unpaired) electrons. The highest BCUT2D eigenvalue weighted by molar-refractivity contribution is 6.60. The molecule has 0 aliphatic carbocycles. The van der Waals surface area contributed by atoms with E-state index >= 15 is 0 Å². The zero-order chi connectivity index (χ0) is 21.2. The van der Waals surface area contributed by atoms with Crippen molar-refractivity contribution in [1.29, 1.82) is 0 Å². The zero-order valence-electron chi connectivity index (χ0n) is 16.4. The Bertz CT molecular complexity index is 603. The van der Waals surface area contributed by atoms with Crippen molar-refractivity contribution in [3.63, 3.8) is 0 Å². The van der Waals surface area contributed by atoms with Crippen LogP contribution in [-0.2, 0) is 14.3 Å². The summed E-state index contributed by atoms with van der Waals surface area (Å²) in [6.07, 6.45) is 3.31. The minimum absolute atomic E-state index is 0.239. The van der Waals surface area contributed by atoms with E-state index in [2.05, 4.69) is 0 Å². The number of amides is 2. The summed E-state index contributed by atoms with van der Waals surface area (Å²) >= 11 is 0. The van der Waals surface area contributed by atoms with E-state index in [1.807, 2.05) is 9.80 Å². The molecule has 2 fully saturated rings. The van der Waals surface area contributed by atoms with Crippen LogP contribution in [0.1, 0.15) is 25.7 Å². The molecular formula is C18H28B2N2O7. The van der Waals surface area contributed by atoms with Crippen molar-refractivity contribution >= 4 is 37.0 Å². The SMILES string of the molecule is O=C1CCCN1CCOCCN1CCCC1=O.OB(O)c1ccc(B(O)O)cc1. The molecular weight excluding hydrogens is 378 g/mol. The average Bonchev–Trinajstić information content (AvgIpc) is 3.30. The molecule has 0 saturated carbocycles. The lowest BCUT2D eigenvalue weighted by Gasteiger charge is -2.17. The maximum atomic E-state index is 11.3. The van der Waals surface area contributed by atoms with E-state index in [9.17, 15) is 9.59 Å². The predicted molar refractivity (Wildman–Crippen MR) is 109 cm³/mol. The molecule has 2 heterocycles. The molecule has 11 heteroatoms. The van der Waals surface area contributed by atoms with Crippen molar-refractivity contribution in [2.75, 3.05) is 39.4 Å². The van der Waals surface area contributed by atoms with Crippen molar-refractivity contribution in [3.8, 4) is 0 Å². The highest BCUT2D eigenvalue weighted by Crippen LogP contribution is 2.09. The molecule has 0 atom stereocenters. The summed E-state index contributed by atoms with van der Waals surface area (Å²) in [6.45, 7) is 4.26.